The molecule has 110 valence electrons. The first-order valence-corrected chi connectivity index (χ1v) is 7.03. The van der Waals surface area contributed by atoms with Gasteiger partial charge in [-0.15, -0.1) is 0 Å². The summed E-state index contributed by atoms with van der Waals surface area (Å²) in [6.45, 7) is 6.77. The van der Waals surface area contributed by atoms with Crippen molar-refractivity contribution in [3.8, 4) is 5.75 Å². The van der Waals surface area contributed by atoms with Crippen LogP contribution in [0.3, 0.4) is 0 Å². The van der Waals surface area contributed by atoms with Crippen LogP contribution in [0.5, 0.6) is 5.75 Å². The number of carboxylic acids is 1. The quantitative estimate of drug-likeness (QED) is 0.885. The lowest BCUT2D eigenvalue weighted by Crippen LogP contribution is -2.01. The van der Waals surface area contributed by atoms with Gasteiger partial charge in [-0.2, -0.15) is 0 Å². The van der Waals surface area contributed by atoms with Crippen molar-refractivity contribution < 1.29 is 14.6 Å². The molecule has 21 heavy (non-hydrogen) atoms. The maximum absolute atomic E-state index is 10.9. The molecule has 3 heteroatoms. The fourth-order valence-corrected chi connectivity index (χ4v) is 2.35. The summed E-state index contributed by atoms with van der Waals surface area (Å²) in [6.07, 6.45) is 0. The number of aryl methyl sites for hydroxylation is 1. The van der Waals surface area contributed by atoms with Crippen molar-refractivity contribution in [2.24, 2.45) is 0 Å². The van der Waals surface area contributed by atoms with Crippen LogP contribution in [0.15, 0.2) is 42.5 Å². The van der Waals surface area contributed by atoms with Crippen molar-refractivity contribution in [3.05, 3.63) is 64.7 Å². The lowest BCUT2D eigenvalue weighted by molar-refractivity contribution is 0.0696. The molecule has 1 N–H and O–H groups in total. The average Bonchev–Trinajstić information content (AvgIpc) is 2.45. The van der Waals surface area contributed by atoms with E-state index < -0.39 is 5.97 Å². The van der Waals surface area contributed by atoms with Gasteiger partial charge in [-0.25, -0.2) is 4.79 Å². The summed E-state index contributed by atoms with van der Waals surface area (Å²) in [5.41, 5.74) is 3.65. The Hall–Kier alpha value is -2.29. The summed E-state index contributed by atoms with van der Waals surface area (Å²) in [6, 6.07) is 12.9. The molecule has 0 spiro atoms. The number of benzene rings is 2. The molecule has 0 amide bonds. The number of carbonyl (C=O) groups is 1. The monoisotopic (exact) mass is 284 g/mol. The number of ether oxygens (including phenoxy) is 1. The van der Waals surface area contributed by atoms with Gasteiger partial charge in [-0.1, -0.05) is 32.0 Å². The van der Waals surface area contributed by atoms with Crippen molar-refractivity contribution in [2.75, 3.05) is 0 Å². The van der Waals surface area contributed by atoms with Gasteiger partial charge in [-0.05, 0) is 53.8 Å². The highest BCUT2D eigenvalue weighted by Gasteiger charge is 2.06. The largest absolute Gasteiger partial charge is 0.489 e. The van der Waals surface area contributed by atoms with Gasteiger partial charge in [0.15, 0.2) is 0 Å². The zero-order valence-electron chi connectivity index (χ0n) is 12.6. The molecule has 0 heterocycles. The smallest absolute Gasteiger partial charge is 0.335 e. The third-order valence-electron chi connectivity index (χ3n) is 3.44. The lowest BCUT2D eigenvalue weighted by Gasteiger charge is -2.12. The van der Waals surface area contributed by atoms with Gasteiger partial charge in [0.25, 0.3) is 0 Å². The van der Waals surface area contributed by atoms with Crippen LogP contribution in [-0.4, -0.2) is 11.1 Å². The number of hydrogen-bond donors (Lipinski definition) is 1. The summed E-state index contributed by atoms with van der Waals surface area (Å²) in [5.74, 6) is 0.373. The molecule has 0 aliphatic heterocycles. The van der Waals surface area contributed by atoms with E-state index >= 15 is 0 Å². The Morgan fingerprint density at radius 1 is 1.19 bits per heavy atom. The van der Waals surface area contributed by atoms with Crippen molar-refractivity contribution in [3.63, 3.8) is 0 Å². The van der Waals surface area contributed by atoms with Gasteiger partial charge >= 0.3 is 5.97 Å². The summed E-state index contributed by atoms with van der Waals surface area (Å²) in [4.78, 5) is 10.9. The van der Waals surface area contributed by atoms with E-state index in [0.717, 1.165) is 11.3 Å². The number of rotatable bonds is 5. The molecule has 0 aliphatic rings. The molecule has 0 aromatic heterocycles. The van der Waals surface area contributed by atoms with Crippen LogP contribution < -0.4 is 4.74 Å². The Balaban J connectivity index is 2.08. The van der Waals surface area contributed by atoms with Crippen LogP contribution in [0.25, 0.3) is 0 Å². The first-order valence-electron chi connectivity index (χ1n) is 7.03. The minimum atomic E-state index is -0.922. The molecule has 0 saturated heterocycles. The molecule has 0 bridgehead atoms. The van der Waals surface area contributed by atoms with Crippen molar-refractivity contribution in [1.82, 2.24) is 0 Å². The minimum absolute atomic E-state index is 0.280. The molecule has 0 atom stereocenters. The first kappa shape index (κ1) is 15.1. The third kappa shape index (κ3) is 3.85. The second-order valence-electron chi connectivity index (χ2n) is 5.47. The minimum Gasteiger partial charge on any atom is -0.489 e. The van der Waals surface area contributed by atoms with Gasteiger partial charge in [0.05, 0.1) is 5.56 Å². The molecule has 0 saturated carbocycles. The second kappa shape index (κ2) is 6.44. The third-order valence-corrected chi connectivity index (χ3v) is 3.44. The highest BCUT2D eigenvalue weighted by Crippen LogP contribution is 2.24. The second-order valence-corrected chi connectivity index (χ2v) is 5.47. The normalized spacial score (nSPS) is 10.7. The Kier molecular flexibility index (Phi) is 4.63. The molecule has 2 aromatic carbocycles. The molecule has 0 radical (unpaired) electrons. The van der Waals surface area contributed by atoms with E-state index in [1.165, 1.54) is 11.1 Å². The Morgan fingerprint density at radius 2 is 1.95 bits per heavy atom. The lowest BCUT2D eigenvalue weighted by atomic mass is 9.98. The maximum Gasteiger partial charge on any atom is 0.335 e. The predicted octanol–water partition coefficient (Wildman–Crippen LogP) is 4.40. The summed E-state index contributed by atoms with van der Waals surface area (Å²) >= 11 is 0. The average molecular weight is 284 g/mol. The number of carboxylic acid groups (broad SMARTS) is 1. The molecular weight excluding hydrogens is 264 g/mol. The van der Waals surface area contributed by atoms with Crippen LogP contribution in [-0.2, 0) is 6.61 Å². The zero-order valence-corrected chi connectivity index (χ0v) is 12.6. The molecule has 3 nitrogen and oxygen atoms in total. The highest BCUT2D eigenvalue weighted by atomic mass is 16.5. The fourth-order valence-electron chi connectivity index (χ4n) is 2.35. The van der Waals surface area contributed by atoms with Crippen LogP contribution in [0, 0.1) is 6.92 Å². The van der Waals surface area contributed by atoms with Crippen LogP contribution in [0.2, 0.25) is 0 Å². The van der Waals surface area contributed by atoms with Gasteiger partial charge in [0.1, 0.15) is 12.4 Å². The maximum atomic E-state index is 10.9. The van der Waals surface area contributed by atoms with E-state index in [4.69, 9.17) is 9.84 Å². The predicted molar refractivity (Wildman–Crippen MR) is 83.0 cm³/mol. The first-order chi connectivity index (χ1) is 9.97. The summed E-state index contributed by atoms with van der Waals surface area (Å²) < 4.78 is 5.75. The van der Waals surface area contributed by atoms with Gasteiger partial charge in [-0.3, -0.25) is 0 Å². The molecule has 2 rings (SSSR count). The molecule has 0 unspecified atom stereocenters. The standard InChI is InChI=1S/C18H20O3/c1-12(2)17-8-7-16(9-13(17)3)21-11-14-5-4-6-15(10-14)18(19)20/h4-10,12H,11H2,1-3H3,(H,19,20). The Morgan fingerprint density at radius 3 is 2.57 bits per heavy atom. The number of aromatic carboxylic acids is 1. The van der Waals surface area contributed by atoms with E-state index in [9.17, 15) is 4.79 Å². The summed E-state index contributed by atoms with van der Waals surface area (Å²) in [7, 11) is 0. The van der Waals surface area contributed by atoms with Gasteiger partial charge in [0, 0.05) is 0 Å². The van der Waals surface area contributed by atoms with E-state index in [1.54, 1.807) is 18.2 Å². The molecule has 0 fully saturated rings. The fraction of sp³-hybridized carbons (Fsp3) is 0.278. The van der Waals surface area contributed by atoms with Crippen LogP contribution in [0.4, 0.5) is 0 Å². The highest BCUT2D eigenvalue weighted by molar-refractivity contribution is 5.87. The number of hydrogen-bond acceptors (Lipinski definition) is 2. The SMILES string of the molecule is Cc1cc(OCc2cccc(C(=O)O)c2)ccc1C(C)C. The molecular formula is C18H20O3. The van der Waals surface area contributed by atoms with Crippen LogP contribution in [0.1, 0.15) is 46.8 Å². The molecule has 2 aromatic rings. The molecule has 0 aliphatic carbocycles. The summed E-state index contributed by atoms with van der Waals surface area (Å²) in [5, 5.41) is 8.97. The Bertz CT molecular complexity index is 645. The van der Waals surface area contributed by atoms with E-state index in [0.29, 0.717) is 12.5 Å². The van der Waals surface area contributed by atoms with E-state index in [2.05, 4.69) is 26.8 Å². The Labute approximate surface area is 125 Å². The van der Waals surface area contributed by atoms with Crippen molar-refractivity contribution in [1.29, 1.82) is 0 Å². The van der Waals surface area contributed by atoms with E-state index in [1.807, 2.05) is 18.2 Å². The zero-order chi connectivity index (χ0) is 15.4. The van der Waals surface area contributed by atoms with Gasteiger partial charge in [0.2, 0.25) is 0 Å². The van der Waals surface area contributed by atoms with E-state index in [-0.39, 0.29) is 5.56 Å². The van der Waals surface area contributed by atoms with Crippen molar-refractivity contribution >= 4 is 5.97 Å². The van der Waals surface area contributed by atoms with Crippen LogP contribution >= 0.6 is 0 Å². The van der Waals surface area contributed by atoms with Crippen molar-refractivity contribution in [2.45, 2.75) is 33.3 Å². The topological polar surface area (TPSA) is 46.5 Å². The van der Waals surface area contributed by atoms with Gasteiger partial charge < -0.3 is 9.84 Å².